The number of benzene rings is 1. The fraction of sp³-hybridized carbons (Fsp3) is 0.400. The molecule has 1 aliphatic carbocycles. The molecule has 1 saturated carbocycles. The number of ether oxygens (including phenoxy) is 1. The first-order chi connectivity index (χ1) is 9.28. The standard InChI is InChI=1S/C15H15NO2S/c16-8-13-14(11-4-1-2-5-12(11)18-13)17-9-15(10-19)6-3-7-15/h1-2,4-5,19H,3,6-7,9-10H2. The molecule has 98 valence electrons. The van der Waals surface area contributed by atoms with Crippen molar-refractivity contribution in [2.75, 3.05) is 12.4 Å². The van der Waals surface area contributed by atoms with Gasteiger partial charge in [0.25, 0.3) is 0 Å². The van der Waals surface area contributed by atoms with E-state index in [1.807, 2.05) is 24.3 Å². The summed E-state index contributed by atoms with van der Waals surface area (Å²) in [6, 6.07) is 9.64. The number of rotatable bonds is 4. The number of nitriles is 1. The number of fused-ring (bicyclic) bond motifs is 1. The van der Waals surface area contributed by atoms with Crippen LogP contribution in [-0.2, 0) is 0 Å². The first-order valence-electron chi connectivity index (χ1n) is 6.43. The zero-order valence-electron chi connectivity index (χ0n) is 10.6. The Morgan fingerprint density at radius 3 is 2.79 bits per heavy atom. The van der Waals surface area contributed by atoms with E-state index >= 15 is 0 Å². The summed E-state index contributed by atoms with van der Waals surface area (Å²) in [5.74, 6) is 1.66. The second-order valence-corrected chi connectivity index (χ2v) is 5.48. The second-order valence-electron chi connectivity index (χ2n) is 5.17. The monoisotopic (exact) mass is 273 g/mol. The molecule has 1 aliphatic rings. The van der Waals surface area contributed by atoms with Crippen molar-refractivity contribution in [1.29, 1.82) is 5.26 Å². The highest BCUT2D eigenvalue weighted by atomic mass is 32.1. The van der Waals surface area contributed by atoms with Crippen molar-refractivity contribution >= 4 is 23.6 Å². The van der Waals surface area contributed by atoms with Gasteiger partial charge in [0.1, 0.15) is 11.7 Å². The third kappa shape index (κ3) is 2.08. The van der Waals surface area contributed by atoms with E-state index in [1.54, 1.807) is 0 Å². The predicted octanol–water partition coefficient (Wildman–Crippen LogP) is 3.78. The largest absolute Gasteiger partial charge is 0.488 e. The Balaban J connectivity index is 1.89. The third-order valence-electron chi connectivity index (χ3n) is 3.92. The van der Waals surface area contributed by atoms with Crippen molar-refractivity contribution in [3.05, 3.63) is 30.0 Å². The summed E-state index contributed by atoms with van der Waals surface area (Å²) in [5, 5.41) is 10.0. The Morgan fingerprint density at radius 1 is 1.37 bits per heavy atom. The highest BCUT2D eigenvalue weighted by Crippen LogP contribution is 2.43. The number of nitrogens with zero attached hydrogens (tertiary/aromatic N) is 1. The van der Waals surface area contributed by atoms with Gasteiger partial charge in [0.2, 0.25) is 5.76 Å². The maximum absolute atomic E-state index is 9.14. The highest BCUT2D eigenvalue weighted by Gasteiger charge is 2.37. The van der Waals surface area contributed by atoms with Crippen molar-refractivity contribution in [3.63, 3.8) is 0 Å². The van der Waals surface area contributed by atoms with Crippen LogP contribution in [0.15, 0.2) is 28.7 Å². The minimum Gasteiger partial charge on any atom is -0.488 e. The molecule has 0 amide bonds. The molecule has 3 nitrogen and oxygen atoms in total. The van der Waals surface area contributed by atoms with Gasteiger partial charge in [0.15, 0.2) is 5.75 Å². The fourth-order valence-corrected chi connectivity index (χ4v) is 2.90. The zero-order valence-corrected chi connectivity index (χ0v) is 11.5. The lowest BCUT2D eigenvalue weighted by molar-refractivity contribution is 0.0830. The van der Waals surface area contributed by atoms with Gasteiger partial charge in [0.05, 0.1) is 12.0 Å². The van der Waals surface area contributed by atoms with Gasteiger partial charge < -0.3 is 9.15 Å². The number of furan rings is 1. The molecule has 0 unspecified atom stereocenters. The Labute approximate surface area is 117 Å². The molecule has 0 aliphatic heterocycles. The number of para-hydroxylation sites is 1. The van der Waals surface area contributed by atoms with Crippen molar-refractivity contribution in [2.24, 2.45) is 5.41 Å². The Hall–Kier alpha value is -1.60. The summed E-state index contributed by atoms with van der Waals surface area (Å²) in [6.07, 6.45) is 3.53. The molecule has 2 aromatic rings. The fourth-order valence-electron chi connectivity index (χ4n) is 2.49. The van der Waals surface area contributed by atoms with E-state index in [9.17, 15) is 0 Å². The van der Waals surface area contributed by atoms with E-state index in [-0.39, 0.29) is 11.2 Å². The lowest BCUT2D eigenvalue weighted by Gasteiger charge is -2.40. The van der Waals surface area contributed by atoms with Crippen LogP contribution in [0, 0.1) is 16.7 Å². The normalized spacial score (nSPS) is 16.8. The van der Waals surface area contributed by atoms with Crippen LogP contribution in [0.2, 0.25) is 0 Å². The van der Waals surface area contributed by atoms with Crippen molar-refractivity contribution in [2.45, 2.75) is 19.3 Å². The number of hydrogen-bond donors (Lipinski definition) is 1. The van der Waals surface area contributed by atoms with Gasteiger partial charge >= 0.3 is 0 Å². The Kier molecular flexibility index (Phi) is 3.16. The number of thiol groups is 1. The first kappa shape index (κ1) is 12.4. The predicted molar refractivity (Wildman–Crippen MR) is 76.6 cm³/mol. The van der Waals surface area contributed by atoms with E-state index in [1.165, 1.54) is 6.42 Å². The Bertz CT molecular complexity index is 632. The van der Waals surface area contributed by atoms with Gasteiger partial charge in [-0.2, -0.15) is 17.9 Å². The lowest BCUT2D eigenvalue weighted by atomic mass is 9.71. The molecule has 0 radical (unpaired) electrons. The maximum Gasteiger partial charge on any atom is 0.246 e. The first-order valence-corrected chi connectivity index (χ1v) is 7.06. The topological polar surface area (TPSA) is 46.2 Å². The van der Waals surface area contributed by atoms with Gasteiger partial charge in [0, 0.05) is 5.41 Å². The molecule has 1 heterocycles. The molecule has 3 rings (SSSR count). The summed E-state index contributed by atoms with van der Waals surface area (Å²) in [4.78, 5) is 0. The van der Waals surface area contributed by atoms with Crippen molar-refractivity contribution in [3.8, 4) is 11.8 Å². The number of hydrogen-bond acceptors (Lipinski definition) is 4. The van der Waals surface area contributed by atoms with Gasteiger partial charge in [-0.05, 0) is 30.7 Å². The summed E-state index contributed by atoms with van der Waals surface area (Å²) in [7, 11) is 0. The second kappa shape index (κ2) is 4.82. The summed E-state index contributed by atoms with van der Waals surface area (Å²) in [6.45, 7) is 0.606. The zero-order chi connectivity index (χ0) is 13.3. The molecule has 1 aromatic carbocycles. The minimum atomic E-state index is 0.175. The van der Waals surface area contributed by atoms with Crippen LogP contribution in [0.3, 0.4) is 0 Å². The maximum atomic E-state index is 9.14. The van der Waals surface area contributed by atoms with E-state index in [0.717, 1.165) is 24.0 Å². The average Bonchev–Trinajstić information content (AvgIpc) is 2.76. The van der Waals surface area contributed by atoms with Crippen LogP contribution in [0.1, 0.15) is 25.0 Å². The summed E-state index contributed by atoms with van der Waals surface area (Å²) >= 11 is 4.42. The molecule has 1 aromatic heterocycles. The molecule has 0 N–H and O–H groups in total. The smallest absolute Gasteiger partial charge is 0.246 e. The molecule has 19 heavy (non-hydrogen) atoms. The molecular weight excluding hydrogens is 258 g/mol. The van der Waals surface area contributed by atoms with Crippen LogP contribution in [0.4, 0.5) is 0 Å². The summed E-state index contributed by atoms with van der Waals surface area (Å²) in [5.41, 5.74) is 0.872. The van der Waals surface area contributed by atoms with Crippen LogP contribution < -0.4 is 4.74 Å². The van der Waals surface area contributed by atoms with Crippen molar-refractivity contribution in [1.82, 2.24) is 0 Å². The summed E-state index contributed by atoms with van der Waals surface area (Å²) < 4.78 is 11.4. The molecule has 1 fully saturated rings. The van der Waals surface area contributed by atoms with E-state index in [4.69, 9.17) is 14.4 Å². The molecule has 0 saturated heterocycles. The van der Waals surface area contributed by atoms with E-state index in [2.05, 4.69) is 18.7 Å². The quantitative estimate of drug-likeness (QED) is 0.862. The SMILES string of the molecule is N#Cc1oc2ccccc2c1OCC1(CS)CCC1. The van der Waals surface area contributed by atoms with E-state index in [0.29, 0.717) is 17.9 Å². The van der Waals surface area contributed by atoms with Crippen LogP contribution in [-0.4, -0.2) is 12.4 Å². The van der Waals surface area contributed by atoms with Gasteiger partial charge in [-0.1, -0.05) is 18.6 Å². The minimum absolute atomic E-state index is 0.175. The van der Waals surface area contributed by atoms with E-state index < -0.39 is 0 Å². The van der Waals surface area contributed by atoms with Gasteiger partial charge in [-0.25, -0.2) is 0 Å². The van der Waals surface area contributed by atoms with Crippen LogP contribution in [0.25, 0.3) is 11.0 Å². The van der Waals surface area contributed by atoms with Gasteiger partial charge in [-0.3, -0.25) is 0 Å². The molecule has 0 bridgehead atoms. The van der Waals surface area contributed by atoms with Crippen LogP contribution >= 0.6 is 12.6 Å². The highest BCUT2D eigenvalue weighted by molar-refractivity contribution is 7.80. The van der Waals surface area contributed by atoms with Crippen molar-refractivity contribution < 1.29 is 9.15 Å². The average molecular weight is 273 g/mol. The van der Waals surface area contributed by atoms with Gasteiger partial charge in [-0.15, -0.1) is 0 Å². The molecular formula is C15H15NO2S. The molecule has 4 heteroatoms. The molecule has 0 spiro atoms. The van der Waals surface area contributed by atoms with Crippen LogP contribution in [0.5, 0.6) is 5.75 Å². The molecule has 0 atom stereocenters. The third-order valence-corrected chi connectivity index (χ3v) is 4.59. The lowest BCUT2D eigenvalue weighted by Crippen LogP contribution is -2.37. The Morgan fingerprint density at radius 2 is 2.16 bits per heavy atom.